The SMILES string of the molecule is COc1cc(C(=O)N2C3CCCC2CC3)ccc1-c1c(C#N)cccc1-c1coc2c(-c3ccc(NC4CCOCC4)c(C#N)c3)ccnc12. The first-order valence-corrected chi connectivity index (χ1v) is 17.4. The van der Waals surface area contributed by atoms with Crippen LogP contribution in [0.4, 0.5) is 5.69 Å². The summed E-state index contributed by atoms with van der Waals surface area (Å²) in [5, 5.41) is 23.9. The first-order valence-electron chi connectivity index (χ1n) is 17.4. The molecule has 2 unspecified atom stereocenters. The Kier molecular flexibility index (Phi) is 8.44. The molecule has 2 atom stereocenters. The Morgan fingerprint density at radius 2 is 1.68 bits per heavy atom. The van der Waals surface area contributed by atoms with Gasteiger partial charge < -0.3 is 24.1 Å². The van der Waals surface area contributed by atoms with Crippen molar-refractivity contribution in [3.8, 4) is 51.3 Å². The van der Waals surface area contributed by atoms with Crippen LogP contribution in [0, 0.1) is 22.7 Å². The van der Waals surface area contributed by atoms with E-state index in [-0.39, 0.29) is 11.9 Å². The van der Waals surface area contributed by atoms with E-state index in [4.69, 9.17) is 18.9 Å². The lowest BCUT2D eigenvalue weighted by Gasteiger charge is -2.35. The van der Waals surface area contributed by atoms with Crippen molar-refractivity contribution in [1.82, 2.24) is 9.88 Å². The summed E-state index contributed by atoms with van der Waals surface area (Å²) in [6, 6.07) is 24.4. The third kappa shape index (κ3) is 5.54. The maximum Gasteiger partial charge on any atom is 0.254 e. The van der Waals surface area contributed by atoms with Gasteiger partial charge in [-0.1, -0.05) is 18.2 Å². The highest BCUT2D eigenvalue weighted by Gasteiger charge is 2.40. The van der Waals surface area contributed by atoms with Gasteiger partial charge in [0, 0.05) is 65.4 Å². The topological polar surface area (TPSA) is 124 Å². The van der Waals surface area contributed by atoms with Crippen LogP contribution in [-0.4, -0.2) is 54.2 Å². The van der Waals surface area contributed by atoms with E-state index in [0.717, 1.165) is 66.5 Å². The maximum atomic E-state index is 13.8. The summed E-state index contributed by atoms with van der Waals surface area (Å²) in [7, 11) is 1.59. The molecule has 2 aromatic heterocycles. The maximum absolute atomic E-state index is 13.8. The smallest absolute Gasteiger partial charge is 0.254 e. The van der Waals surface area contributed by atoms with Gasteiger partial charge in [-0.2, -0.15) is 10.5 Å². The predicted octanol–water partition coefficient (Wildman–Crippen LogP) is 8.33. The molecular formula is C41H37N5O4. The molecule has 0 radical (unpaired) electrons. The molecule has 5 heterocycles. The number of fused-ring (bicyclic) bond motifs is 3. The molecule has 3 saturated heterocycles. The van der Waals surface area contributed by atoms with E-state index >= 15 is 0 Å². The van der Waals surface area contributed by atoms with Gasteiger partial charge in [-0.15, -0.1) is 0 Å². The van der Waals surface area contributed by atoms with Crippen LogP contribution >= 0.6 is 0 Å². The van der Waals surface area contributed by atoms with Crippen molar-refractivity contribution in [1.29, 1.82) is 10.5 Å². The number of anilines is 1. The summed E-state index contributed by atoms with van der Waals surface area (Å²) in [4.78, 5) is 20.6. The first-order chi connectivity index (χ1) is 24.6. The van der Waals surface area contributed by atoms with Crippen LogP contribution in [0.1, 0.15) is 66.4 Å². The molecule has 250 valence electrons. The minimum Gasteiger partial charge on any atom is -0.496 e. The number of piperidine rings is 1. The minimum atomic E-state index is 0.0420. The molecule has 3 aliphatic heterocycles. The Hall–Kier alpha value is -5.64. The van der Waals surface area contributed by atoms with Crippen LogP contribution in [-0.2, 0) is 4.74 Å². The third-order valence-corrected chi connectivity index (χ3v) is 10.6. The van der Waals surface area contributed by atoms with Gasteiger partial charge in [-0.05, 0) is 98.5 Å². The predicted molar refractivity (Wildman–Crippen MR) is 191 cm³/mol. The molecule has 5 aromatic rings. The zero-order valence-corrected chi connectivity index (χ0v) is 27.9. The average Bonchev–Trinajstić information content (AvgIpc) is 3.71. The van der Waals surface area contributed by atoms with Crippen molar-refractivity contribution in [3.05, 3.63) is 89.8 Å². The number of carbonyl (C=O) groups is 1. The molecular weight excluding hydrogens is 626 g/mol. The number of ether oxygens (including phenoxy) is 2. The number of methoxy groups -OCH3 is 1. The molecule has 3 aliphatic rings. The Labute approximate surface area is 291 Å². The lowest BCUT2D eigenvalue weighted by molar-refractivity contribution is 0.0595. The van der Waals surface area contributed by atoms with Crippen molar-refractivity contribution < 1.29 is 18.7 Å². The number of nitriles is 2. The zero-order chi connectivity index (χ0) is 34.2. The molecule has 50 heavy (non-hydrogen) atoms. The van der Waals surface area contributed by atoms with E-state index in [1.165, 1.54) is 6.42 Å². The molecule has 8 rings (SSSR count). The van der Waals surface area contributed by atoms with Gasteiger partial charge in [-0.25, -0.2) is 0 Å². The second-order valence-corrected chi connectivity index (χ2v) is 13.4. The standard InChI is InChI=1S/C41H37N5O4/c1-48-37-21-26(41(47)46-30-5-3-6-31(46)11-10-30)8-12-34(37)38-27(22-42)4-2-7-33(38)35-24-50-40-32(14-17-44-39(35)40)25-9-13-36(28(20-25)23-43)45-29-15-18-49-19-16-29/h2,4,7-9,12-14,17,20-21,24,29-31,45H,3,5-6,10-11,15-16,18-19H2,1H3. The number of benzene rings is 3. The fourth-order valence-electron chi connectivity index (χ4n) is 8.13. The van der Waals surface area contributed by atoms with Gasteiger partial charge in [-0.3, -0.25) is 9.78 Å². The van der Waals surface area contributed by atoms with Gasteiger partial charge >= 0.3 is 0 Å². The number of carbonyl (C=O) groups excluding carboxylic acids is 1. The quantitative estimate of drug-likeness (QED) is 0.184. The third-order valence-electron chi connectivity index (χ3n) is 10.6. The van der Waals surface area contributed by atoms with E-state index in [2.05, 4.69) is 22.4 Å². The first kappa shape index (κ1) is 31.6. The van der Waals surface area contributed by atoms with E-state index in [0.29, 0.717) is 70.0 Å². The van der Waals surface area contributed by atoms with Crippen molar-refractivity contribution in [3.63, 3.8) is 0 Å². The summed E-state index contributed by atoms with van der Waals surface area (Å²) < 4.78 is 17.6. The summed E-state index contributed by atoms with van der Waals surface area (Å²) >= 11 is 0. The number of hydrogen-bond donors (Lipinski definition) is 1. The zero-order valence-electron chi connectivity index (χ0n) is 27.9. The molecule has 0 spiro atoms. The number of furan rings is 1. The van der Waals surface area contributed by atoms with Crippen molar-refractivity contribution in [2.75, 3.05) is 25.6 Å². The van der Waals surface area contributed by atoms with Gasteiger partial charge in [0.15, 0.2) is 5.58 Å². The second-order valence-electron chi connectivity index (χ2n) is 13.4. The van der Waals surface area contributed by atoms with E-state index in [9.17, 15) is 15.3 Å². The van der Waals surface area contributed by atoms with E-state index in [1.807, 2.05) is 48.5 Å². The lowest BCUT2D eigenvalue weighted by atomic mass is 9.90. The molecule has 3 aromatic carbocycles. The Balaban J connectivity index is 1.17. The number of rotatable bonds is 7. The van der Waals surface area contributed by atoms with Gasteiger partial charge in [0.25, 0.3) is 5.91 Å². The van der Waals surface area contributed by atoms with Gasteiger partial charge in [0.05, 0.1) is 30.0 Å². The van der Waals surface area contributed by atoms with Crippen molar-refractivity contribution in [2.24, 2.45) is 0 Å². The molecule has 1 amide bonds. The largest absolute Gasteiger partial charge is 0.496 e. The van der Waals surface area contributed by atoms with Crippen LogP contribution in [0.15, 0.2) is 77.5 Å². The van der Waals surface area contributed by atoms with Crippen LogP contribution in [0.25, 0.3) is 44.5 Å². The molecule has 0 saturated carbocycles. The van der Waals surface area contributed by atoms with E-state index < -0.39 is 0 Å². The highest BCUT2D eigenvalue weighted by molar-refractivity contribution is 6.03. The summed E-state index contributed by atoms with van der Waals surface area (Å²) in [6.45, 7) is 1.42. The van der Waals surface area contributed by atoms with Crippen LogP contribution in [0.2, 0.25) is 0 Å². The monoisotopic (exact) mass is 663 g/mol. The van der Waals surface area contributed by atoms with Gasteiger partial charge in [0.2, 0.25) is 0 Å². The lowest BCUT2D eigenvalue weighted by Crippen LogP contribution is -2.43. The Bertz CT molecular complexity index is 2170. The Morgan fingerprint density at radius 1 is 0.880 bits per heavy atom. The number of hydrogen-bond acceptors (Lipinski definition) is 8. The molecule has 0 aliphatic carbocycles. The number of nitrogens with zero attached hydrogens (tertiary/aromatic N) is 4. The normalized spacial score (nSPS) is 18.8. The number of pyridine rings is 1. The van der Waals surface area contributed by atoms with Crippen LogP contribution in [0.5, 0.6) is 5.75 Å². The number of amides is 1. The van der Waals surface area contributed by atoms with E-state index in [1.54, 1.807) is 31.7 Å². The minimum absolute atomic E-state index is 0.0420. The van der Waals surface area contributed by atoms with Crippen molar-refractivity contribution in [2.45, 2.75) is 63.1 Å². The fourth-order valence-corrected chi connectivity index (χ4v) is 8.13. The van der Waals surface area contributed by atoms with Crippen LogP contribution in [0.3, 0.4) is 0 Å². The molecule has 9 heteroatoms. The summed E-state index contributed by atoms with van der Waals surface area (Å²) in [5.41, 5.74) is 8.12. The number of aromatic nitrogens is 1. The number of nitrogens with one attached hydrogen (secondary N) is 1. The highest BCUT2D eigenvalue weighted by atomic mass is 16.5. The van der Waals surface area contributed by atoms with Crippen molar-refractivity contribution >= 4 is 22.7 Å². The van der Waals surface area contributed by atoms with Gasteiger partial charge in [0.1, 0.15) is 23.6 Å². The molecule has 9 nitrogen and oxygen atoms in total. The fraction of sp³-hybridized carbons (Fsp3) is 0.317. The van der Waals surface area contributed by atoms with Crippen LogP contribution < -0.4 is 10.1 Å². The Morgan fingerprint density at radius 3 is 2.44 bits per heavy atom. The summed E-state index contributed by atoms with van der Waals surface area (Å²) in [6.07, 6.45) is 10.6. The average molecular weight is 664 g/mol. The highest BCUT2D eigenvalue weighted by Crippen LogP contribution is 2.44. The molecule has 3 fully saturated rings. The molecule has 1 N–H and O–H groups in total. The summed E-state index contributed by atoms with van der Waals surface area (Å²) in [5.74, 6) is 0.560. The second kappa shape index (κ2) is 13.3. The molecule has 2 bridgehead atoms.